The predicted molar refractivity (Wildman–Crippen MR) is 89.5 cm³/mol. The van der Waals surface area contributed by atoms with Crippen molar-refractivity contribution in [2.24, 2.45) is 0 Å². The van der Waals surface area contributed by atoms with E-state index in [1.54, 1.807) is 0 Å². The highest BCUT2D eigenvalue weighted by molar-refractivity contribution is 6.49. The van der Waals surface area contributed by atoms with Crippen LogP contribution in [0.5, 0.6) is 0 Å². The first-order chi connectivity index (χ1) is 14.0. The Morgan fingerprint density at radius 1 is 0.533 bits per heavy atom. The highest BCUT2D eigenvalue weighted by Crippen LogP contribution is 2.32. The first kappa shape index (κ1) is 23.1. The number of benzene rings is 2. The maximum Gasteiger partial charge on any atom is 0.239 e. The molecule has 0 saturated heterocycles. The number of halogens is 8. The second kappa shape index (κ2) is 8.67. The first-order valence-electron chi connectivity index (χ1n) is 8.29. The third kappa shape index (κ3) is 3.57. The third-order valence-electron chi connectivity index (χ3n) is 3.89. The van der Waals surface area contributed by atoms with Gasteiger partial charge in [-0.3, -0.25) is 9.59 Å². The molecule has 0 saturated carbocycles. The van der Waals surface area contributed by atoms with E-state index < -0.39 is 80.6 Å². The van der Waals surface area contributed by atoms with Gasteiger partial charge in [-0.2, -0.15) is 0 Å². The van der Waals surface area contributed by atoms with Gasteiger partial charge >= 0.3 is 0 Å². The van der Waals surface area contributed by atoms with E-state index in [0.717, 1.165) is 0 Å². The molecular weight excluding hydrogens is 428 g/mol. The molecule has 0 aliphatic heterocycles. The largest absolute Gasteiger partial charge is 0.380 e. The van der Waals surface area contributed by atoms with Crippen LogP contribution in [0.1, 0.15) is 34.6 Å². The number of Topliss-reactive ketones (excluding diaryl/α,β-unsaturated/α-hetero) is 2. The van der Waals surface area contributed by atoms with E-state index in [1.807, 2.05) is 10.6 Å². The van der Waals surface area contributed by atoms with Gasteiger partial charge in [-0.15, -0.1) is 0 Å². The van der Waals surface area contributed by atoms with Gasteiger partial charge in [-0.25, -0.2) is 35.1 Å². The summed E-state index contributed by atoms with van der Waals surface area (Å²) in [6.07, 6.45) is 0. The lowest BCUT2D eigenvalue weighted by Crippen LogP contribution is -2.24. The van der Waals surface area contributed by atoms with E-state index in [2.05, 4.69) is 0 Å². The molecule has 0 aromatic heterocycles. The molecule has 0 fully saturated rings. The van der Waals surface area contributed by atoms with Crippen molar-refractivity contribution in [2.45, 2.75) is 13.8 Å². The number of carbonyl (C=O) groups excluding carboxylic acids is 2. The van der Waals surface area contributed by atoms with Crippen LogP contribution in [0, 0.1) is 46.5 Å². The lowest BCUT2D eigenvalue weighted by molar-refractivity contribution is 0.0804. The summed E-state index contributed by atoms with van der Waals surface area (Å²) in [5.41, 5.74) is -6.82. The van der Waals surface area contributed by atoms with Gasteiger partial charge in [-0.05, 0) is 13.8 Å². The summed E-state index contributed by atoms with van der Waals surface area (Å²) in [6, 6.07) is 0. The molecule has 162 valence electrons. The topological polar surface area (TPSA) is 58.2 Å². The van der Waals surface area contributed by atoms with Crippen LogP contribution in [0.2, 0.25) is 0 Å². The maximum absolute atomic E-state index is 14.1. The average molecular weight is 440 g/mol. The molecule has 0 heterocycles. The molecule has 0 bridgehead atoms. The van der Waals surface area contributed by atoms with E-state index in [1.165, 1.54) is 13.8 Å². The fourth-order valence-corrected chi connectivity index (χ4v) is 2.55. The van der Waals surface area contributed by atoms with Crippen LogP contribution < -0.4 is 10.6 Å². The predicted octanol–water partition coefficient (Wildman–Crippen LogP) is 4.73. The molecule has 30 heavy (non-hydrogen) atoms. The highest BCUT2D eigenvalue weighted by Gasteiger charge is 2.37. The number of ketones is 2. The third-order valence-corrected chi connectivity index (χ3v) is 3.89. The Bertz CT molecular complexity index is 914. The highest BCUT2D eigenvalue weighted by atomic mass is 19.2. The van der Waals surface area contributed by atoms with Gasteiger partial charge in [0.1, 0.15) is 22.5 Å². The zero-order chi connectivity index (χ0) is 22.9. The molecule has 2 N–H and O–H groups in total. The van der Waals surface area contributed by atoms with Gasteiger partial charge in [0.05, 0.1) is 0 Å². The first-order valence-corrected chi connectivity index (χ1v) is 8.29. The van der Waals surface area contributed by atoms with Crippen LogP contribution >= 0.6 is 0 Å². The summed E-state index contributed by atoms with van der Waals surface area (Å²) < 4.78 is 112. The van der Waals surface area contributed by atoms with Gasteiger partial charge in [0.15, 0.2) is 46.5 Å². The average Bonchev–Trinajstić information content (AvgIpc) is 2.71. The smallest absolute Gasteiger partial charge is 0.239 e. The minimum absolute atomic E-state index is 0.188. The fourth-order valence-electron chi connectivity index (χ4n) is 2.55. The molecule has 4 nitrogen and oxygen atoms in total. The van der Waals surface area contributed by atoms with Gasteiger partial charge in [0.2, 0.25) is 11.6 Å². The monoisotopic (exact) mass is 440 g/mol. The van der Waals surface area contributed by atoms with E-state index in [4.69, 9.17) is 0 Å². The van der Waals surface area contributed by atoms with Crippen molar-refractivity contribution in [3.8, 4) is 0 Å². The number of anilines is 2. The number of rotatable bonds is 7. The van der Waals surface area contributed by atoms with Crippen LogP contribution in [0.4, 0.5) is 46.5 Å². The second-order valence-corrected chi connectivity index (χ2v) is 5.73. The Labute approximate surface area is 163 Å². The van der Waals surface area contributed by atoms with Crippen molar-refractivity contribution < 1.29 is 44.7 Å². The lowest BCUT2D eigenvalue weighted by Gasteiger charge is -2.13. The van der Waals surface area contributed by atoms with Gasteiger partial charge in [0.25, 0.3) is 0 Å². The number of nitrogens with one attached hydrogen (secondary N) is 2. The molecule has 0 spiro atoms. The Morgan fingerprint density at radius 3 is 0.967 bits per heavy atom. The summed E-state index contributed by atoms with van der Waals surface area (Å²) in [4.78, 5) is 24.2. The van der Waals surface area contributed by atoms with Crippen LogP contribution in [0.15, 0.2) is 0 Å². The van der Waals surface area contributed by atoms with Gasteiger partial charge in [-0.1, -0.05) is 0 Å². The van der Waals surface area contributed by atoms with Crippen LogP contribution in [-0.2, 0) is 0 Å². The molecule has 0 atom stereocenters. The Morgan fingerprint density at radius 2 is 0.767 bits per heavy atom. The van der Waals surface area contributed by atoms with Crippen LogP contribution in [0.25, 0.3) is 0 Å². The normalized spacial score (nSPS) is 10.9. The number of hydrogen-bond acceptors (Lipinski definition) is 4. The lowest BCUT2D eigenvalue weighted by atomic mass is 9.98. The Balaban J connectivity index is 2.69. The molecule has 0 amide bonds. The minimum atomic E-state index is -2.46. The zero-order valence-electron chi connectivity index (χ0n) is 15.3. The van der Waals surface area contributed by atoms with E-state index in [9.17, 15) is 44.7 Å². The van der Waals surface area contributed by atoms with E-state index >= 15 is 0 Å². The molecule has 0 aliphatic rings. The quantitative estimate of drug-likeness (QED) is 0.283. The maximum atomic E-state index is 14.1. The fraction of sp³-hybridized carbons (Fsp3) is 0.222. The molecule has 0 unspecified atom stereocenters. The zero-order valence-corrected chi connectivity index (χ0v) is 15.3. The van der Waals surface area contributed by atoms with Gasteiger partial charge in [0, 0.05) is 13.1 Å². The molecule has 12 heteroatoms. The van der Waals surface area contributed by atoms with Crippen molar-refractivity contribution in [1.82, 2.24) is 0 Å². The Hall–Kier alpha value is -3.18. The summed E-state index contributed by atoms with van der Waals surface area (Å²) in [6.45, 7) is 2.27. The van der Waals surface area contributed by atoms with Gasteiger partial charge < -0.3 is 10.6 Å². The summed E-state index contributed by atoms with van der Waals surface area (Å²) in [5, 5.41) is 3.90. The summed E-state index contributed by atoms with van der Waals surface area (Å²) in [5.74, 6) is -22.6. The van der Waals surface area contributed by atoms with E-state index in [0.29, 0.717) is 0 Å². The molecule has 2 aromatic carbocycles. The minimum Gasteiger partial charge on any atom is -0.380 e. The molecule has 0 radical (unpaired) electrons. The molecular formula is C18H12F8N2O2. The summed E-state index contributed by atoms with van der Waals surface area (Å²) in [7, 11) is 0. The number of hydrogen-bond donors (Lipinski definition) is 2. The van der Waals surface area contributed by atoms with Crippen molar-refractivity contribution >= 4 is 22.9 Å². The summed E-state index contributed by atoms with van der Waals surface area (Å²) >= 11 is 0. The van der Waals surface area contributed by atoms with Crippen molar-refractivity contribution in [1.29, 1.82) is 0 Å². The standard InChI is InChI=1S/C18H12F8N2O2/c1-3-27-15-11(23)7(19)5(8(20)12(15)24)17(29)18(30)6-9(21)13(25)16(28-4-2)14(26)10(6)22/h27-28H,3-4H2,1-2H3. The second-order valence-electron chi connectivity index (χ2n) is 5.73. The van der Waals surface area contributed by atoms with Crippen molar-refractivity contribution in [2.75, 3.05) is 23.7 Å². The van der Waals surface area contributed by atoms with Crippen LogP contribution in [0.3, 0.4) is 0 Å². The molecule has 0 aliphatic carbocycles. The number of carbonyl (C=O) groups is 2. The molecule has 2 rings (SSSR count). The van der Waals surface area contributed by atoms with Crippen molar-refractivity contribution in [3.63, 3.8) is 0 Å². The molecule has 2 aromatic rings. The van der Waals surface area contributed by atoms with Crippen molar-refractivity contribution in [3.05, 3.63) is 57.7 Å². The van der Waals surface area contributed by atoms with Crippen LogP contribution in [-0.4, -0.2) is 24.7 Å². The SMILES string of the molecule is CCNc1c(F)c(F)c(C(=O)C(=O)c2c(F)c(F)c(NCC)c(F)c2F)c(F)c1F. The van der Waals surface area contributed by atoms with E-state index in [-0.39, 0.29) is 13.1 Å². The Kier molecular flexibility index (Phi) is 6.68.